The van der Waals surface area contributed by atoms with Crippen LogP contribution in [-0.2, 0) is 11.3 Å². The number of para-hydroxylation sites is 1. The van der Waals surface area contributed by atoms with Crippen LogP contribution in [0.15, 0.2) is 24.3 Å². The second-order valence-electron chi connectivity index (χ2n) is 4.06. The standard InChI is InChI=1S/C12H17N3O2S/c1-8(2)14-11(17)12(18)15-13-7-9-5-3-4-6-10(9)16/h3-6,8,13,16H,7H2,1-2H3,(H,14,17)(H,15,18). The van der Waals surface area contributed by atoms with E-state index in [1.165, 1.54) is 0 Å². The maximum absolute atomic E-state index is 11.5. The van der Waals surface area contributed by atoms with Crippen LogP contribution in [0.25, 0.3) is 0 Å². The Bertz CT molecular complexity index is 435. The second kappa shape index (κ2) is 6.93. The molecule has 0 aromatic heterocycles. The molecule has 4 N–H and O–H groups in total. The zero-order chi connectivity index (χ0) is 13.5. The lowest BCUT2D eigenvalue weighted by molar-refractivity contribution is -0.115. The largest absolute Gasteiger partial charge is 0.508 e. The monoisotopic (exact) mass is 267 g/mol. The molecule has 98 valence electrons. The van der Waals surface area contributed by atoms with Gasteiger partial charge in [0, 0.05) is 18.2 Å². The van der Waals surface area contributed by atoms with Crippen molar-refractivity contribution in [3.05, 3.63) is 29.8 Å². The number of amides is 1. The molecule has 0 unspecified atom stereocenters. The van der Waals surface area contributed by atoms with E-state index < -0.39 is 0 Å². The number of phenols is 1. The zero-order valence-electron chi connectivity index (χ0n) is 10.4. The van der Waals surface area contributed by atoms with Crippen molar-refractivity contribution in [1.29, 1.82) is 0 Å². The van der Waals surface area contributed by atoms with E-state index in [1.807, 2.05) is 19.9 Å². The summed E-state index contributed by atoms with van der Waals surface area (Å²) in [6, 6.07) is 6.98. The number of carbonyl (C=O) groups excluding carboxylic acids is 1. The molecule has 18 heavy (non-hydrogen) atoms. The number of hydrogen-bond donors (Lipinski definition) is 4. The van der Waals surface area contributed by atoms with E-state index in [4.69, 9.17) is 12.2 Å². The normalized spacial score (nSPS) is 10.2. The van der Waals surface area contributed by atoms with Gasteiger partial charge in [0.1, 0.15) is 5.75 Å². The molecule has 0 saturated carbocycles. The molecule has 0 heterocycles. The first-order valence-corrected chi connectivity index (χ1v) is 6.02. The van der Waals surface area contributed by atoms with Crippen molar-refractivity contribution in [3.8, 4) is 5.75 Å². The lowest BCUT2D eigenvalue weighted by atomic mass is 10.2. The van der Waals surface area contributed by atoms with E-state index in [-0.39, 0.29) is 22.7 Å². The average molecular weight is 267 g/mol. The van der Waals surface area contributed by atoms with E-state index in [2.05, 4.69) is 16.2 Å². The van der Waals surface area contributed by atoms with Gasteiger partial charge >= 0.3 is 0 Å². The van der Waals surface area contributed by atoms with Crippen LogP contribution in [0.2, 0.25) is 0 Å². The summed E-state index contributed by atoms with van der Waals surface area (Å²) in [5, 5.41) is 12.2. The third-order valence-electron chi connectivity index (χ3n) is 2.10. The number of benzene rings is 1. The molecule has 0 atom stereocenters. The summed E-state index contributed by atoms with van der Waals surface area (Å²) in [5.41, 5.74) is 6.13. The highest BCUT2D eigenvalue weighted by atomic mass is 32.1. The topological polar surface area (TPSA) is 73.4 Å². The van der Waals surface area contributed by atoms with E-state index in [0.29, 0.717) is 6.54 Å². The predicted octanol–water partition coefficient (Wildman–Crippen LogP) is 0.838. The minimum atomic E-state index is -0.329. The Morgan fingerprint density at radius 3 is 2.67 bits per heavy atom. The van der Waals surface area contributed by atoms with Gasteiger partial charge in [-0.05, 0) is 19.9 Å². The van der Waals surface area contributed by atoms with Gasteiger partial charge < -0.3 is 15.8 Å². The number of hydrogen-bond acceptors (Lipinski definition) is 4. The van der Waals surface area contributed by atoms with Crippen LogP contribution in [0.5, 0.6) is 5.75 Å². The van der Waals surface area contributed by atoms with Crippen molar-refractivity contribution in [2.24, 2.45) is 0 Å². The minimum Gasteiger partial charge on any atom is -0.508 e. The predicted molar refractivity (Wildman–Crippen MR) is 74.0 cm³/mol. The molecular formula is C12H17N3O2S. The average Bonchev–Trinajstić information content (AvgIpc) is 2.30. The molecule has 6 heteroatoms. The number of aromatic hydroxyl groups is 1. The number of carbonyl (C=O) groups is 1. The van der Waals surface area contributed by atoms with Crippen LogP contribution in [0.4, 0.5) is 0 Å². The fourth-order valence-electron chi connectivity index (χ4n) is 1.26. The van der Waals surface area contributed by atoms with Crippen LogP contribution < -0.4 is 16.2 Å². The molecule has 0 radical (unpaired) electrons. The van der Waals surface area contributed by atoms with E-state index in [0.717, 1.165) is 5.56 Å². The van der Waals surface area contributed by atoms with Crippen molar-refractivity contribution >= 4 is 23.1 Å². The first kappa shape index (κ1) is 14.4. The lowest BCUT2D eigenvalue weighted by Crippen LogP contribution is -2.46. The molecular weight excluding hydrogens is 250 g/mol. The van der Waals surface area contributed by atoms with Gasteiger partial charge in [0.25, 0.3) is 5.91 Å². The Hall–Kier alpha value is -1.66. The van der Waals surface area contributed by atoms with Crippen molar-refractivity contribution in [1.82, 2.24) is 16.2 Å². The van der Waals surface area contributed by atoms with Gasteiger partial charge in [-0.1, -0.05) is 30.4 Å². The van der Waals surface area contributed by atoms with Gasteiger partial charge in [-0.2, -0.15) is 0 Å². The summed E-state index contributed by atoms with van der Waals surface area (Å²) >= 11 is 4.90. The maximum atomic E-state index is 11.5. The molecule has 0 saturated heterocycles. The molecule has 5 nitrogen and oxygen atoms in total. The van der Waals surface area contributed by atoms with Crippen LogP contribution in [0.3, 0.4) is 0 Å². The van der Waals surface area contributed by atoms with Crippen LogP contribution in [0, 0.1) is 0 Å². The molecule has 0 aliphatic heterocycles. The Balaban J connectivity index is 2.36. The molecule has 0 fully saturated rings. The summed E-state index contributed by atoms with van der Waals surface area (Å²) < 4.78 is 0. The third-order valence-corrected chi connectivity index (χ3v) is 2.39. The third kappa shape index (κ3) is 4.68. The highest BCUT2D eigenvalue weighted by molar-refractivity contribution is 7.82. The van der Waals surface area contributed by atoms with Crippen molar-refractivity contribution in [3.63, 3.8) is 0 Å². The number of hydrazine groups is 1. The first-order chi connectivity index (χ1) is 8.50. The lowest BCUT2D eigenvalue weighted by Gasteiger charge is -2.12. The molecule has 1 aromatic carbocycles. The molecule has 0 aliphatic rings. The quantitative estimate of drug-likeness (QED) is 0.480. The Morgan fingerprint density at radius 2 is 2.06 bits per heavy atom. The minimum absolute atomic E-state index is 0.0374. The summed E-state index contributed by atoms with van der Waals surface area (Å²) in [4.78, 5) is 11.5. The molecule has 1 aromatic rings. The smallest absolute Gasteiger partial charge is 0.280 e. The van der Waals surface area contributed by atoms with Crippen molar-refractivity contribution in [2.75, 3.05) is 0 Å². The molecule has 0 spiro atoms. The van der Waals surface area contributed by atoms with Gasteiger partial charge in [0.05, 0.1) is 0 Å². The van der Waals surface area contributed by atoms with Crippen LogP contribution in [-0.4, -0.2) is 22.0 Å². The van der Waals surface area contributed by atoms with Gasteiger partial charge in [0.15, 0.2) is 4.99 Å². The number of phenolic OH excluding ortho intramolecular Hbond substituents is 1. The van der Waals surface area contributed by atoms with Gasteiger partial charge in [-0.15, -0.1) is 0 Å². The Kier molecular flexibility index (Phi) is 5.54. The number of rotatable bonds is 4. The van der Waals surface area contributed by atoms with E-state index >= 15 is 0 Å². The van der Waals surface area contributed by atoms with Crippen LogP contribution in [0.1, 0.15) is 19.4 Å². The highest BCUT2D eigenvalue weighted by Crippen LogP contribution is 2.14. The van der Waals surface area contributed by atoms with Crippen LogP contribution >= 0.6 is 12.2 Å². The fraction of sp³-hybridized carbons (Fsp3) is 0.333. The first-order valence-electron chi connectivity index (χ1n) is 5.61. The van der Waals surface area contributed by atoms with Gasteiger partial charge in [-0.25, -0.2) is 5.43 Å². The Labute approximate surface area is 112 Å². The summed E-state index contributed by atoms with van der Waals surface area (Å²) in [7, 11) is 0. The fourth-order valence-corrected chi connectivity index (χ4v) is 1.40. The summed E-state index contributed by atoms with van der Waals surface area (Å²) in [6.45, 7) is 4.08. The van der Waals surface area contributed by atoms with Crippen molar-refractivity contribution < 1.29 is 9.90 Å². The molecule has 0 bridgehead atoms. The summed E-state index contributed by atoms with van der Waals surface area (Å²) in [6.07, 6.45) is 0. The van der Waals surface area contributed by atoms with Gasteiger partial charge in [0.2, 0.25) is 0 Å². The zero-order valence-corrected chi connectivity index (χ0v) is 11.2. The van der Waals surface area contributed by atoms with E-state index in [1.54, 1.807) is 18.2 Å². The van der Waals surface area contributed by atoms with Crippen molar-refractivity contribution in [2.45, 2.75) is 26.4 Å². The second-order valence-corrected chi connectivity index (χ2v) is 4.47. The maximum Gasteiger partial charge on any atom is 0.280 e. The number of thiocarbonyl (C=S) groups is 1. The SMILES string of the molecule is CC(C)NC(=O)C(=S)NNCc1ccccc1O. The highest BCUT2D eigenvalue weighted by Gasteiger charge is 2.09. The molecule has 1 rings (SSSR count). The Morgan fingerprint density at radius 1 is 1.39 bits per heavy atom. The molecule has 1 amide bonds. The van der Waals surface area contributed by atoms with Gasteiger partial charge in [-0.3, -0.25) is 4.79 Å². The number of nitrogens with one attached hydrogen (secondary N) is 3. The van der Waals surface area contributed by atoms with E-state index in [9.17, 15) is 9.90 Å². The summed E-state index contributed by atoms with van der Waals surface area (Å²) in [5.74, 6) is -0.130. The molecule has 0 aliphatic carbocycles.